The molecule has 1 heterocycles. The van der Waals surface area contributed by atoms with E-state index in [2.05, 4.69) is 4.98 Å². The third kappa shape index (κ3) is 2.95. The van der Waals surface area contributed by atoms with E-state index in [9.17, 15) is 0 Å². The summed E-state index contributed by atoms with van der Waals surface area (Å²) in [6, 6.07) is 5.68. The maximum absolute atomic E-state index is 5.68. The minimum absolute atomic E-state index is 0.446. The number of rotatable bonds is 5. The van der Waals surface area contributed by atoms with Crippen LogP contribution in [0.15, 0.2) is 29.8 Å². The summed E-state index contributed by atoms with van der Waals surface area (Å²) in [5.74, 6) is 1.41. The molecule has 0 aliphatic carbocycles. The summed E-state index contributed by atoms with van der Waals surface area (Å²) in [6.07, 6.45) is 1.76. The summed E-state index contributed by atoms with van der Waals surface area (Å²) in [5, 5.41) is 2.86. The normalized spacial score (nSPS) is 10.2. The van der Waals surface area contributed by atoms with Crippen molar-refractivity contribution in [2.24, 2.45) is 5.73 Å². The van der Waals surface area contributed by atoms with Gasteiger partial charge in [0, 0.05) is 18.1 Å². The molecule has 0 bridgehead atoms. The predicted octanol–water partition coefficient (Wildman–Crippen LogP) is 2.19. The van der Waals surface area contributed by atoms with Gasteiger partial charge in [-0.3, -0.25) is 0 Å². The van der Waals surface area contributed by atoms with Crippen LogP contribution in [0.1, 0.15) is 10.6 Å². The number of hydrogen-bond acceptors (Lipinski definition) is 5. The molecule has 0 radical (unpaired) electrons. The Labute approximate surface area is 104 Å². The summed E-state index contributed by atoms with van der Waals surface area (Å²) >= 11 is 1.56. The lowest BCUT2D eigenvalue weighted by Crippen LogP contribution is -2.00. The summed E-state index contributed by atoms with van der Waals surface area (Å²) in [5.41, 5.74) is 6.61. The molecule has 0 atom stereocenters. The number of nitrogens with zero attached hydrogens (tertiary/aromatic N) is 1. The lowest BCUT2D eigenvalue weighted by Gasteiger charge is -2.10. The second kappa shape index (κ2) is 5.65. The second-order valence-electron chi connectivity index (χ2n) is 3.40. The van der Waals surface area contributed by atoms with Gasteiger partial charge in [-0.2, -0.15) is 0 Å². The van der Waals surface area contributed by atoms with E-state index in [0.29, 0.717) is 24.7 Å². The lowest BCUT2D eigenvalue weighted by molar-refractivity contribution is 0.283. The van der Waals surface area contributed by atoms with Crippen molar-refractivity contribution >= 4 is 11.3 Å². The molecule has 0 amide bonds. The summed E-state index contributed by atoms with van der Waals surface area (Å²) < 4.78 is 10.9. The van der Waals surface area contributed by atoms with Crippen molar-refractivity contribution in [3.63, 3.8) is 0 Å². The third-order valence-electron chi connectivity index (χ3n) is 2.30. The molecule has 1 aromatic heterocycles. The molecule has 4 nitrogen and oxygen atoms in total. The molecular weight excluding hydrogens is 236 g/mol. The van der Waals surface area contributed by atoms with Crippen molar-refractivity contribution in [1.29, 1.82) is 0 Å². The Bertz CT molecular complexity index is 471. The van der Waals surface area contributed by atoms with Crippen LogP contribution in [0.4, 0.5) is 0 Å². The smallest absolute Gasteiger partial charge is 0.162 e. The van der Waals surface area contributed by atoms with Crippen molar-refractivity contribution in [3.8, 4) is 11.5 Å². The Morgan fingerprint density at radius 3 is 2.88 bits per heavy atom. The Morgan fingerprint density at radius 2 is 2.24 bits per heavy atom. The molecule has 0 saturated carbocycles. The third-order valence-corrected chi connectivity index (χ3v) is 3.05. The Balaban J connectivity index is 2.12. The second-order valence-corrected chi connectivity index (χ2v) is 4.38. The Hall–Kier alpha value is -1.59. The minimum atomic E-state index is 0.446. The molecule has 0 aliphatic heterocycles. The van der Waals surface area contributed by atoms with Crippen molar-refractivity contribution in [2.75, 3.05) is 7.11 Å². The van der Waals surface area contributed by atoms with E-state index < -0.39 is 0 Å². The zero-order chi connectivity index (χ0) is 12.1. The SMILES string of the molecule is COc1ccc(CN)cc1OCc1nccs1. The zero-order valence-corrected chi connectivity index (χ0v) is 10.4. The number of methoxy groups -OCH3 is 1. The first-order chi connectivity index (χ1) is 8.33. The van der Waals surface area contributed by atoms with E-state index in [1.54, 1.807) is 24.6 Å². The van der Waals surface area contributed by atoms with Crippen LogP contribution < -0.4 is 15.2 Å². The van der Waals surface area contributed by atoms with Gasteiger partial charge in [-0.1, -0.05) is 6.07 Å². The highest BCUT2D eigenvalue weighted by Crippen LogP contribution is 2.28. The molecule has 2 rings (SSSR count). The topological polar surface area (TPSA) is 57.4 Å². The fourth-order valence-corrected chi connectivity index (χ4v) is 1.95. The van der Waals surface area contributed by atoms with Gasteiger partial charge in [0.05, 0.1) is 7.11 Å². The van der Waals surface area contributed by atoms with E-state index in [1.165, 1.54) is 0 Å². The van der Waals surface area contributed by atoms with E-state index >= 15 is 0 Å². The molecule has 90 valence electrons. The fourth-order valence-electron chi connectivity index (χ4n) is 1.42. The van der Waals surface area contributed by atoms with Gasteiger partial charge in [0.2, 0.25) is 0 Å². The largest absolute Gasteiger partial charge is 0.493 e. The van der Waals surface area contributed by atoms with Crippen LogP contribution in [0, 0.1) is 0 Å². The monoisotopic (exact) mass is 250 g/mol. The van der Waals surface area contributed by atoms with Gasteiger partial charge in [-0.15, -0.1) is 11.3 Å². The van der Waals surface area contributed by atoms with Crippen molar-refractivity contribution in [2.45, 2.75) is 13.2 Å². The van der Waals surface area contributed by atoms with Gasteiger partial charge in [0.15, 0.2) is 11.5 Å². The van der Waals surface area contributed by atoms with Crippen LogP contribution in [0.5, 0.6) is 11.5 Å². The van der Waals surface area contributed by atoms with Crippen LogP contribution in [0.3, 0.4) is 0 Å². The highest BCUT2D eigenvalue weighted by atomic mass is 32.1. The van der Waals surface area contributed by atoms with Crippen LogP contribution in [-0.4, -0.2) is 12.1 Å². The van der Waals surface area contributed by atoms with Crippen molar-refractivity contribution < 1.29 is 9.47 Å². The molecular formula is C12H14N2O2S. The molecule has 17 heavy (non-hydrogen) atoms. The number of nitrogens with two attached hydrogens (primary N) is 1. The number of hydrogen-bond donors (Lipinski definition) is 1. The molecule has 5 heteroatoms. The first-order valence-corrected chi connectivity index (χ1v) is 6.09. The lowest BCUT2D eigenvalue weighted by atomic mass is 10.2. The van der Waals surface area contributed by atoms with Crippen LogP contribution in [-0.2, 0) is 13.2 Å². The van der Waals surface area contributed by atoms with Gasteiger partial charge in [-0.05, 0) is 17.7 Å². The standard InChI is InChI=1S/C12H14N2O2S/c1-15-10-3-2-9(7-13)6-11(10)16-8-12-14-4-5-17-12/h2-6H,7-8,13H2,1H3. The highest BCUT2D eigenvalue weighted by Gasteiger charge is 2.06. The van der Waals surface area contributed by atoms with E-state index in [0.717, 1.165) is 10.6 Å². The first kappa shape index (κ1) is 11.9. The minimum Gasteiger partial charge on any atom is -0.493 e. The maximum Gasteiger partial charge on any atom is 0.162 e. The Kier molecular flexibility index (Phi) is 3.95. The molecule has 2 aromatic rings. The molecule has 0 aliphatic rings. The molecule has 0 unspecified atom stereocenters. The first-order valence-electron chi connectivity index (χ1n) is 5.21. The maximum atomic E-state index is 5.68. The summed E-state index contributed by atoms with van der Waals surface area (Å²) in [6.45, 7) is 0.930. The van der Waals surface area contributed by atoms with E-state index in [4.69, 9.17) is 15.2 Å². The summed E-state index contributed by atoms with van der Waals surface area (Å²) in [4.78, 5) is 4.16. The molecule has 0 spiro atoms. The number of aromatic nitrogens is 1. The van der Waals surface area contributed by atoms with Gasteiger partial charge < -0.3 is 15.2 Å². The van der Waals surface area contributed by atoms with Crippen LogP contribution in [0.25, 0.3) is 0 Å². The fraction of sp³-hybridized carbons (Fsp3) is 0.250. The quantitative estimate of drug-likeness (QED) is 0.883. The molecule has 1 aromatic carbocycles. The average molecular weight is 250 g/mol. The highest BCUT2D eigenvalue weighted by molar-refractivity contribution is 7.09. The van der Waals surface area contributed by atoms with E-state index in [-0.39, 0.29) is 0 Å². The van der Waals surface area contributed by atoms with Crippen LogP contribution >= 0.6 is 11.3 Å². The van der Waals surface area contributed by atoms with Crippen molar-refractivity contribution in [3.05, 3.63) is 40.3 Å². The van der Waals surface area contributed by atoms with Gasteiger partial charge >= 0.3 is 0 Å². The molecule has 2 N–H and O–H groups in total. The Morgan fingerprint density at radius 1 is 1.35 bits per heavy atom. The zero-order valence-electron chi connectivity index (χ0n) is 9.55. The van der Waals surface area contributed by atoms with Gasteiger partial charge in [0.1, 0.15) is 11.6 Å². The van der Waals surface area contributed by atoms with E-state index in [1.807, 2.05) is 23.6 Å². The van der Waals surface area contributed by atoms with Crippen molar-refractivity contribution in [1.82, 2.24) is 4.98 Å². The summed E-state index contributed by atoms with van der Waals surface area (Å²) in [7, 11) is 1.62. The number of benzene rings is 1. The van der Waals surface area contributed by atoms with Gasteiger partial charge in [-0.25, -0.2) is 4.98 Å². The number of thiazole rings is 1. The van der Waals surface area contributed by atoms with Gasteiger partial charge in [0.25, 0.3) is 0 Å². The predicted molar refractivity (Wildman–Crippen MR) is 67.3 cm³/mol. The average Bonchev–Trinajstić information content (AvgIpc) is 2.89. The molecule has 0 fully saturated rings. The molecule has 0 saturated heterocycles. The van der Waals surface area contributed by atoms with Crippen LogP contribution in [0.2, 0.25) is 0 Å². The number of ether oxygens (including phenoxy) is 2.